The highest BCUT2D eigenvalue weighted by Crippen LogP contribution is 1.99. The molecule has 292 valence electrons. The second-order valence-corrected chi connectivity index (χ2v) is 9.38. The molecule has 0 radical (unpaired) electrons. The van der Waals surface area contributed by atoms with Crippen molar-refractivity contribution in [3.05, 3.63) is 0 Å². The monoisotopic (exact) mass is 732 g/mol. The highest BCUT2D eigenvalue weighted by molar-refractivity contribution is 5.91. The van der Waals surface area contributed by atoms with Crippen LogP contribution in [0.25, 0.3) is 0 Å². The van der Waals surface area contributed by atoms with E-state index in [0.717, 1.165) is 13.8 Å². The molecule has 4 N–H and O–H groups in total. The number of ether oxygens (including phenoxy) is 8. The molecular weight excluding hydrogens is 680 g/mol. The number of carbonyl (C=O) groups excluding carboxylic acids is 8. The van der Waals surface area contributed by atoms with Crippen LogP contribution in [-0.2, 0) is 76.3 Å². The Hall–Kier alpha value is -4.40. The average Bonchev–Trinajstić information content (AvgIpc) is 3.03. The first kappa shape index (κ1) is 52.4. The summed E-state index contributed by atoms with van der Waals surface area (Å²) in [6, 6.07) is 0. The Bertz CT molecular complexity index is 948. The third kappa shape index (κ3) is 34.9. The molecule has 0 saturated carbocycles. The summed E-state index contributed by atoms with van der Waals surface area (Å²) in [5.41, 5.74) is 0. The van der Waals surface area contributed by atoms with Gasteiger partial charge in [-0.25, -0.2) is 0 Å². The molecule has 0 bridgehead atoms. The molecule has 0 aromatic rings. The molecule has 0 aromatic carbocycles. The number of rotatable bonds is 22. The largest absolute Gasteiger partial charge is 0.463 e. The van der Waals surface area contributed by atoms with Crippen molar-refractivity contribution in [2.45, 2.75) is 92.6 Å². The molecule has 20 heteroatoms. The number of aliphatic hydroxyl groups is 4. The van der Waals surface area contributed by atoms with Gasteiger partial charge in [-0.3, -0.25) is 38.4 Å². The fourth-order valence-corrected chi connectivity index (χ4v) is 2.40. The minimum absolute atomic E-state index is 0. The standard InChI is InChI=1S/2C14H22O10.2CH4/c2*1-3-12(18)22-6-11(17)8-24-14(20)4-13(19)23-7-10(16)5-21-9(2)15;;/h2*10-11,16-17H,3-8H2,1-2H3;2*1H4. The van der Waals surface area contributed by atoms with E-state index in [4.69, 9.17) is 0 Å². The molecule has 0 aliphatic heterocycles. The molecule has 0 spiro atoms. The Kier molecular flexibility index (Phi) is 33.4. The molecule has 0 heterocycles. The van der Waals surface area contributed by atoms with Crippen LogP contribution in [0.3, 0.4) is 0 Å². The third-order valence-corrected chi connectivity index (χ3v) is 4.73. The SMILES string of the molecule is C.C.CCC(=O)OCC(O)COC(=O)CC(=O)OCC(O)COC(C)=O.CCC(=O)OCC(O)COC(=O)CC(=O)OCC(O)COC(C)=O. The van der Waals surface area contributed by atoms with E-state index in [1.54, 1.807) is 13.8 Å². The predicted octanol–water partition coefficient (Wildman–Crippen LogP) is -1.33. The zero-order valence-electron chi connectivity index (χ0n) is 27.1. The lowest BCUT2D eigenvalue weighted by molar-refractivity contribution is -0.162. The number of esters is 8. The fourth-order valence-electron chi connectivity index (χ4n) is 2.40. The van der Waals surface area contributed by atoms with Crippen molar-refractivity contribution < 1.29 is 96.7 Å². The minimum Gasteiger partial charge on any atom is -0.463 e. The Morgan fingerprint density at radius 1 is 0.380 bits per heavy atom. The van der Waals surface area contributed by atoms with Crippen molar-refractivity contribution >= 4 is 47.8 Å². The van der Waals surface area contributed by atoms with Gasteiger partial charge in [-0.05, 0) is 0 Å². The van der Waals surface area contributed by atoms with E-state index >= 15 is 0 Å². The molecule has 0 fully saturated rings. The van der Waals surface area contributed by atoms with Crippen LogP contribution in [0, 0.1) is 0 Å². The van der Waals surface area contributed by atoms with Gasteiger partial charge in [0.1, 0.15) is 90.1 Å². The summed E-state index contributed by atoms with van der Waals surface area (Å²) in [4.78, 5) is 88.1. The molecule has 4 atom stereocenters. The van der Waals surface area contributed by atoms with Crippen LogP contribution < -0.4 is 0 Å². The summed E-state index contributed by atoms with van der Waals surface area (Å²) in [5.74, 6) is -5.99. The lowest BCUT2D eigenvalue weighted by Gasteiger charge is -2.12. The lowest BCUT2D eigenvalue weighted by Crippen LogP contribution is -2.27. The molecule has 0 aromatic heterocycles. The van der Waals surface area contributed by atoms with Crippen molar-refractivity contribution in [3.8, 4) is 0 Å². The molecule has 4 unspecified atom stereocenters. The summed E-state index contributed by atoms with van der Waals surface area (Å²) in [7, 11) is 0. The maximum Gasteiger partial charge on any atom is 0.317 e. The minimum atomic E-state index is -1.20. The topological polar surface area (TPSA) is 291 Å². The fraction of sp³-hybridized carbons (Fsp3) is 0.733. The first-order valence-corrected chi connectivity index (χ1v) is 14.4. The average molecular weight is 733 g/mol. The molecule has 0 rings (SSSR count). The Morgan fingerprint density at radius 3 is 0.740 bits per heavy atom. The number of carbonyl (C=O) groups is 8. The first-order valence-electron chi connectivity index (χ1n) is 14.4. The van der Waals surface area contributed by atoms with Crippen molar-refractivity contribution in [1.82, 2.24) is 0 Å². The van der Waals surface area contributed by atoms with Gasteiger partial charge >= 0.3 is 47.8 Å². The van der Waals surface area contributed by atoms with E-state index in [1.807, 2.05) is 0 Å². The van der Waals surface area contributed by atoms with Gasteiger partial charge in [0.2, 0.25) is 0 Å². The molecule has 0 aliphatic rings. The number of hydrogen-bond donors (Lipinski definition) is 4. The zero-order chi connectivity index (χ0) is 37.1. The van der Waals surface area contributed by atoms with Gasteiger partial charge in [0.15, 0.2) is 0 Å². The summed E-state index contributed by atoms with van der Waals surface area (Å²) in [6.45, 7) is 2.37. The third-order valence-electron chi connectivity index (χ3n) is 4.73. The summed E-state index contributed by atoms with van der Waals surface area (Å²) in [5, 5.41) is 37.5. The maximum atomic E-state index is 11.3. The number of hydrogen-bond acceptors (Lipinski definition) is 20. The van der Waals surface area contributed by atoms with Crippen LogP contribution in [0.4, 0.5) is 0 Å². The van der Waals surface area contributed by atoms with E-state index in [1.165, 1.54) is 0 Å². The quantitative estimate of drug-likeness (QED) is 0.0570. The highest BCUT2D eigenvalue weighted by Gasteiger charge is 2.18. The van der Waals surface area contributed by atoms with E-state index in [-0.39, 0.29) is 54.1 Å². The van der Waals surface area contributed by atoms with E-state index < -0.39 is 111 Å². The van der Waals surface area contributed by atoms with Crippen molar-refractivity contribution in [1.29, 1.82) is 0 Å². The van der Waals surface area contributed by atoms with Gasteiger partial charge in [-0.2, -0.15) is 0 Å². The summed E-state index contributed by atoms with van der Waals surface area (Å²) >= 11 is 0. The molecule has 0 saturated heterocycles. The van der Waals surface area contributed by atoms with Crippen LogP contribution in [0.5, 0.6) is 0 Å². The predicted molar refractivity (Wildman–Crippen MR) is 166 cm³/mol. The molecule has 0 aliphatic carbocycles. The maximum absolute atomic E-state index is 11.3. The van der Waals surface area contributed by atoms with Gasteiger partial charge < -0.3 is 58.3 Å². The number of aliphatic hydroxyl groups excluding tert-OH is 4. The second kappa shape index (κ2) is 31.8. The van der Waals surface area contributed by atoms with Crippen LogP contribution >= 0.6 is 0 Å². The molecular formula is C30H52O20. The van der Waals surface area contributed by atoms with Gasteiger partial charge in [-0.1, -0.05) is 28.7 Å². The van der Waals surface area contributed by atoms with Gasteiger partial charge in [-0.15, -0.1) is 0 Å². The zero-order valence-corrected chi connectivity index (χ0v) is 27.1. The second-order valence-electron chi connectivity index (χ2n) is 9.38. The van der Waals surface area contributed by atoms with Gasteiger partial charge in [0, 0.05) is 26.7 Å². The Labute approximate surface area is 290 Å². The van der Waals surface area contributed by atoms with E-state index in [2.05, 4.69) is 37.9 Å². The van der Waals surface area contributed by atoms with E-state index in [0.29, 0.717) is 0 Å². The van der Waals surface area contributed by atoms with Crippen molar-refractivity contribution in [3.63, 3.8) is 0 Å². The van der Waals surface area contributed by atoms with Gasteiger partial charge in [0.05, 0.1) is 0 Å². The molecule has 50 heavy (non-hydrogen) atoms. The van der Waals surface area contributed by atoms with Crippen molar-refractivity contribution in [2.24, 2.45) is 0 Å². The lowest BCUT2D eigenvalue weighted by atomic mass is 10.4. The van der Waals surface area contributed by atoms with Crippen LogP contribution in [0.15, 0.2) is 0 Å². The summed E-state index contributed by atoms with van der Waals surface area (Å²) < 4.78 is 36.7. The van der Waals surface area contributed by atoms with E-state index in [9.17, 15) is 58.8 Å². The van der Waals surface area contributed by atoms with Crippen molar-refractivity contribution in [2.75, 3.05) is 52.9 Å². The molecule has 0 amide bonds. The van der Waals surface area contributed by atoms with Crippen LogP contribution in [0.1, 0.15) is 68.2 Å². The molecule has 20 nitrogen and oxygen atoms in total. The summed E-state index contributed by atoms with van der Waals surface area (Å²) in [6.07, 6.45) is -5.95. The highest BCUT2D eigenvalue weighted by atomic mass is 16.6. The van der Waals surface area contributed by atoms with Crippen LogP contribution in [0.2, 0.25) is 0 Å². The van der Waals surface area contributed by atoms with Gasteiger partial charge in [0.25, 0.3) is 0 Å². The Morgan fingerprint density at radius 2 is 0.560 bits per heavy atom. The first-order chi connectivity index (χ1) is 22.5. The smallest absolute Gasteiger partial charge is 0.317 e. The van der Waals surface area contributed by atoms with Crippen LogP contribution in [-0.4, -0.2) is 145 Å². The Balaban J connectivity index is -0.000000407. The normalized spacial score (nSPS) is 12.2.